The molecule has 0 aromatic heterocycles. The molecule has 0 atom stereocenters. The van der Waals surface area contributed by atoms with Crippen molar-refractivity contribution in [1.29, 1.82) is 0 Å². The summed E-state index contributed by atoms with van der Waals surface area (Å²) in [5.74, 6) is 1.23. The molecule has 1 rings (SSSR count). The Hall–Kier alpha value is -0.540. The van der Waals surface area contributed by atoms with Gasteiger partial charge in [-0.2, -0.15) is 0 Å². The van der Waals surface area contributed by atoms with Crippen molar-refractivity contribution in [2.75, 3.05) is 13.0 Å². The summed E-state index contributed by atoms with van der Waals surface area (Å²) in [6.45, 7) is 0. The van der Waals surface area contributed by atoms with Crippen molar-refractivity contribution in [3.8, 4) is 5.75 Å². The van der Waals surface area contributed by atoms with E-state index in [1.165, 1.54) is 0 Å². The normalized spacial score (nSPS) is 10.1. The molecule has 1 aromatic rings. The predicted octanol–water partition coefficient (Wildman–Crippen LogP) is 3.20. The maximum absolute atomic E-state index is 11.4. The van der Waals surface area contributed by atoms with Crippen molar-refractivity contribution < 1.29 is 9.53 Å². The summed E-state index contributed by atoms with van der Waals surface area (Å²) in [5.41, 5.74) is 0.891. The second-order valence-corrected chi connectivity index (χ2v) is 4.40. The summed E-state index contributed by atoms with van der Waals surface area (Å²) < 4.78 is 6.11. The van der Waals surface area contributed by atoms with Crippen molar-refractivity contribution in [1.82, 2.24) is 0 Å². The van der Waals surface area contributed by atoms with E-state index in [4.69, 9.17) is 16.3 Å². The Labute approximate surface area is 103 Å². The van der Waals surface area contributed by atoms with E-state index in [-0.39, 0.29) is 5.78 Å². The molecule has 0 amide bonds. The largest absolute Gasteiger partial charge is 0.496 e. The highest BCUT2D eigenvalue weighted by Gasteiger charge is 2.08. The van der Waals surface area contributed by atoms with Gasteiger partial charge in [0.25, 0.3) is 0 Å². The van der Waals surface area contributed by atoms with Gasteiger partial charge in [0.2, 0.25) is 0 Å². The van der Waals surface area contributed by atoms with Gasteiger partial charge in [-0.15, -0.1) is 11.6 Å². The lowest BCUT2D eigenvalue weighted by atomic mass is 10.1. The van der Waals surface area contributed by atoms with Crippen LogP contribution < -0.4 is 4.74 Å². The van der Waals surface area contributed by atoms with Gasteiger partial charge in [-0.3, -0.25) is 4.79 Å². The average molecular weight is 292 g/mol. The van der Waals surface area contributed by atoms with E-state index in [1.807, 2.05) is 18.2 Å². The SMILES string of the molecule is COc1ccc(Br)cc1CC(=O)CCCl. The summed E-state index contributed by atoms with van der Waals surface area (Å²) in [5, 5.41) is 0. The van der Waals surface area contributed by atoms with E-state index in [1.54, 1.807) is 7.11 Å². The number of carbonyl (C=O) groups excluding carboxylic acids is 1. The first-order valence-electron chi connectivity index (χ1n) is 4.57. The Bertz CT molecular complexity index is 352. The molecule has 0 saturated carbocycles. The van der Waals surface area contributed by atoms with Gasteiger partial charge in [-0.25, -0.2) is 0 Å². The molecule has 4 heteroatoms. The summed E-state index contributed by atoms with van der Waals surface area (Å²) in [7, 11) is 1.60. The van der Waals surface area contributed by atoms with Crippen LogP contribution in [0.5, 0.6) is 5.75 Å². The second-order valence-electron chi connectivity index (χ2n) is 3.11. The fraction of sp³-hybridized carbons (Fsp3) is 0.364. The first-order chi connectivity index (χ1) is 7.17. The molecule has 82 valence electrons. The van der Waals surface area contributed by atoms with E-state index in [9.17, 15) is 4.79 Å². The van der Waals surface area contributed by atoms with Gasteiger partial charge in [0.1, 0.15) is 11.5 Å². The topological polar surface area (TPSA) is 26.3 Å². The predicted molar refractivity (Wildman–Crippen MR) is 64.7 cm³/mol. The molecule has 0 aliphatic carbocycles. The van der Waals surface area contributed by atoms with Crippen LogP contribution in [-0.4, -0.2) is 18.8 Å². The molecule has 15 heavy (non-hydrogen) atoms. The molecule has 0 aliphatic heterocycles. The number of rotatable bonds is 5. The van der Waals surface area contributed by atoms with Crippen LogP contribution in [0.15, 0.2) is 22.7 Å². The smallest absolute Gasteiger partial charge is 0.138 e. The number of Topliss-reactive ketones (excluding diaryl/α,β-unsaturated/α-hetero) is 1. The molecule has 0 bridgehead atoms. The number of ketones is 1. The molecule has 0 heterocycles. The third-order valence-electron chi connectivity index (χ3n) is 2.00. The zero-order chi connectivity index (χ0) is 11.3. The Morgan fingerprint density at radius 3 is 2.87 bits per heavy atom. The van der Waals surface area contributed by atoms with E-state index in [0.717, 1.165) is 15.8 Å². The molecule has 0 N–H and O–H groups in total. The summed E-state index contributed by atoms with van der Waals surface area (Å²) in [6.07, 6.45) is 0.770. The van der Waals surface area contributed by atoms with Crippen LogP contribution in [0.25, 0.3) is 0 Å². The number of hydrogen-bond donors (Lipinski definition) is 0. The summed E-state index contributed by atoms with van der Waals surface area (Å²) in [4.78, 5) is 11.4. The van der Waals surface area contributed by atoms with E-state index in [2.05, 4.69) is 15.9 Å². The first kappa shape index (κ1) is 12.5. The molecule has 0 fully saturated rings. The van der Waals surface area contributed by atoms with Crippen LogP contribution in [0.4, 0.5) is 0 Å². The highest BCUT2D eigenvalue weighted by atomic mass is 79.9. The van der Waals surface area contributed by atoms with Gasteiger partial charge in [-0.1, -0.05) is 15.9 Å². The number of ether oxygens (including phenoxy) is 1. The average Bonchev–Trinajstić information content (AvgIpc) is 2.18. The fourth-order valence-electron chi connectivity index (χ4n) is 1.29. The standard InChI is InChI=1S/C11H12BrClO2/c1-15-11-3-2-9(12)6-8(11)7-10(14)4-5-13/h2-3,6H,4-5,7H2,1H3. The first-order valence-corrected chi connectivity index (χ1v) is 5.90. The number of benzene rings is 1. The van der Waals surface area contributed by atoms with Crippen molar-refractivity contribution in [3.63, 3.8) is 0 Å². The molecule has 2 nitrogen and oxygen atoms in total. The number of methoxy groups -OCH3 is 1. The number of alkyl halides is 1. The van der Waals surface area contributed by atoms with E-state index in [0.29, 0.717) is 18.7 Å². The Morgan fingerprint density at radius 2 is 2.27 bits per heavy atom. The molecule has 0 spiro atoms. The number of carbonyl (C=O) groups is 1. The van der Waals surface area contributed by atoms with Crippen LogP contribution in [0, 0.1) is 0 Å². The van der Waals surface area contributed by atoms with Crippen molar-refractivity contribution >= 4 is 33.3 Å². The van der Waals surface area contributed by atoms with Crippen molar-refractivity contribution in [2.24, 2.45) is 0 Å². The van der Waals surface area contributed by atoms with Gasteiger partial charge in [0.05, 0.1) is 7.11 Å². The lowest BCUT2D eigenvalue weighted by Gasteiger charge is -2.07. The summed E-state index contributed by atoms with van der Waals surface area (Å²) in [6, 6.07) is 5.62. The van der Waals surface area contributed by atoms with E-state index >= 15 is 0 Å². The van der Waals surface area contributed by atoms with Crippen LogP contribution in [0.3, 0.4) is 0 Å². The highest BCUT2D eigenvalue weighted by Crippen LogP contribution is 2.23. The van der Waals surface area contributed by atoms with Crippen LogP contribution in [0.2, 0.25) is 0 Å². The number of hydrogen-bond acceptors (Lipinski definition) is 2. The van der Waals surface area contributed by atoms with Crippen LogP contribution in [0.1, 0.15) is 12.0 Å². The third-order valence-corrected chi connectivity index (χ3v) is 2.69. The summed E-state index contributed by atoms with van der Waals surface area (Å²) >= 11 is 8.87. The van der Waals surface area contributed by atoms with Crippen molar-refractivity contribution in [2.45, 2.75) is 12.8 Å². The molecule has 0 aliphatic rings. The number of halogens is 2. The van der Waals surface area contributed by atoms with E-state index < -0.39 is 0 Å². The minimum atomic E-state index is 0.126. The Balaban J connectivity index is 2.82. The Kier molecular flexibility index (Phi) is 5.12. The molecule has 0 unspecified atom stereocenters. The quantitative estimate of drug-likeness (QED) is 0.779. The molecular weight excluding hydrogens is 279 g/mol. The van der Waals surface area contributed by atoms with Gasteiger partial charge in [-0.05, 0) is 18.2 Å². The van der Waals surface area contributed by atoms with Crippen molar-refractivity contribution in [3.05, 3.63) is 28.2 Å². The lowest BCUT2D eigenvalue weighted by molar-refractivity contribution is -0.118. The minimum Gasteiger partial charge on any atom is -0.496 e. The monoisotopic (exact) mass is 290 g/mol. The zero-order valence-electron chi connectivity index (χ0n) is 8.43. The molecule has 1 aromatic carbocycles. The molecular formula is C11H12BrClO2. The van der Waals surface area contributed by atoms with Crippen LogP contribution >= 0.6 is 27.5 Å². The zero-order valence-corrected chi connectivity index (χ0v) is 10.8. The maximum Gasteiger partial charge on any atom is 0.138 e. The third kappa shape index (κ3) is 3.84. The van der Waals surface area contributed by atoms with Gasteiger partial charge in [0.15, 0.2) is 0 Å². The maximum atomic E-state index is 11.4. The Morgan fingerprint density at radius 1 is 1.53 bits per heavy atom. The molecule has 0 saturated heterocycles. The fourth-order valence-corrected chi connectivity index (χ4v) is 1.91. The molecule has 0 radical (unpaired) electrons. The highest BCUT2D eigenvalue weighted by molar-refractivity contribution is 9.10. The second kappa shape index (κ2) is 6.13. The minimum absolute atomic E-state index is 0.126. The lowest BCUT2D eigenvalue weighted by Crippen LogP contribution is -2.04. The van der Waals surface area contributed by atoms with Gasteiger partial charge >= 0.3 is 0 Å². The van der Waals surface area contributed by atoms with Gasteiger partial charge in [0, 0.05) is 28.8 Å². The van der Waals surface area contributed by atoms with Crippen LogP contribution in [-0.2, 0) is 11.2 Å². The van der Waals surface area contributed by atoms with Gasteiger partial charge < -0.3 is 4.74 Å².